The first-order chi connectivity index (χ1) is 6.34. The predicted octanol–water partition coefficient (Wildman–Crippen LogP) is -0.106. The van der Waals surface area contributed by atoms with Gasteiger partial charge in [0.1, 0.15) is 12.7 Å². The monoisotopic (exact) mass is 176 g/mol. The first kappa shape index (κ1) is 7.66. The second-order valence-corrected chi connectivity index (χ2v) is 2.51. The molecule has 6 heteroatoms. The molecule has 66 valence electrons. The molecule has 0 saturated heterocycles. The summed E-state index contributed by atoms with van der Waals surface area (Å²) in [4.78, 5) is 5.14. The Morgan fingerprint density at radius 3 is 3.00 bits per heavy atom. The summed E-state index contributed by atoms with van der Waals surface area (Å²) in [6.07, 6.45) is 8.20. The Balaban J connectivity index is 2.14. The van der Waals surface area contributed by atoms with Crippen LogP contribution >= 0.6 is 0 Å². The van der Waals surface area contributed by atoms with Gasteiger partial charge in [-0.05, 0) is 0 Å². The van der Waals surface area contributed by atoms with Crippen LogP contribution in [0.2, 0.25) is 0 Å². The molecule has 0 saturated carbocycles. The molecule has 2 heterocycles. The summed E-state index contributed by atoms with van der Waals surface area (Å²) in [5, 5.41) is 11.8. The third kappa shape index (κ3) is 1.78. The van der Waals surface area contributed by atoms with E-state index in [9.17, 15) is 0 Å². The molecule has 0 bridgehead atoms. The number of rotatable bonds is 2. The number of hydrogen-bond acceptors (Lipinski definition) is 4. The van der Waals surface area contributed by atoms with E-state index in [0.29, 0.717) is 0 Å². The van der Waals surface area contributed by atoms with Crippen LogP contribution in [0.5, 0.6) is 0 Å². The van der Waals surface area contributed by atoms with Crippen LogP contribution < -0.4 is 0 Å². The molecule has 13 heavy (non-hydrogen) atoms. The molecule has 0 radical (unpaired) electrons. The van der Waals surface area contributed by atoms with Gasteiger partial charge < -0.3 is 0 Å². The Morgan fingerprint density at radius 1 is 1.46 bits per heavy atom. The molecule has 0 aromatic carbocycles. The normalized spacial score (nSPS) is 11.2. The maximum absolute atomic E-state index is 4.01. The Morgan fingerprint density at radius 2 is 2.38 bits per heavy atom. The molecule has 0 spiro atoms. The van der Waals surface area contributed by atoms with Crippen LogP contribution in [0, 0.1) is 0 Å². The van der Waals surface area contributed by atoms with Gasteiger partial charge in [-0.1, -0.05) is 0 Å². The van der Waals surface area contributed by atoms with Crippen molar-refractivity contribution < 1.29 is 0 Å². The molecule has 2 aromatic heterocycles. The minimum atomic E-state index is 0.929. The van der Waals surface area contributed by atoms with Crippen molar-refractivity contribution in [1.29, 1.82) is 0 Å². The van der Waals surface area contributed by atoms with Gasteiger partial charge in [0.05, 0.1) is 12.4 Å². The zero-order valence-electron chi connectivity index (χ0n) is 7.07. The van der Waals surface area contributed by atoms with Crippen molar-refractivity contribution in [1.82, 2.24) is 24.7 Å². The average molecular weight is 176 g/mol. The summed E-state index contributed by atoms with van der Waals surface area (Å²) < 4.78 is 1.71. The molecule has 0 unspecified atom stereocenters. The summed E-state index contributed by atoms with van der Waals surface area (Å²) >= 11 is 0. The van der Waals surface area contributed by atoms with Gasteiger partial charge in [0, 0.05) is 18.8 Å². The fourth-order valence-electron chi connectivity index (χ4n) is 0.894. The summed E-state index contributed by atoms with van der Waals surface area (Å²) in [5.41, 5.74) is 0.929. The Hall–Kier alpha value is -1.98. The zero-order valence-corrected chi connectivity index (χ0v) is 7.07. The summed E-state index contributed by atoms with van der Waals surface area (Å²) in [5.74, 6) is 0. The molecule has 0 atom stereocenters. The van der Waals surface area contributed by atoms with Gasteiger partial charge in [0.15, 0.2) is 0 Å². The summed E-state index contributed by atoms with van der Waals surface area (Å²) in [6, 6.07) is 0. The summed E-state index contributed by atoms with van der Waals surface area (Å²) in [7, 11) is 1.85. The van der Waals surface area contributed by atoms with Crippen molar-refractivity contribution >= 4 is 6.21 Å². The van der Waals surface area contributed by atoms with Crippen LogP contribution in [-0.4, -0.2) is 30.9 Å². The highest BCUT2D eigenvalue weighted by molar-refractivity contribution is 5.78. The van der Waals surface area contributed by atoms with E-state index in [2.05, 4.69) is 20.3 Å². The minimum absolute atomic E-state index is 0.929. The molecule has 0 N–H and O–H groups in total. The number of hydrogen-bond donors (Lipinski definition) is 0. The molecule has 2 aromatic rings. The lowest BCUT2D eigenvalue weighted by Crippen LogP contribution is -1.89. The van der Waals surface area contributed by atoms with Crippen LogP contribution in [0.1, 0.15) is 5.56 Å². The van der Waals surface area contributed by atoms with Crippen LogP contribution in [0.15, 0.2) is 30.1 Å². The summed E-state index contributed by atoms with van der Waals surface area (Å²) in [6.45, 7) is 0. The van der Waals surface area contributed by atoms with Crippen molar-refractivity contribution in [2.24, 2.45) is 12.1 Å². The molecule has 0 aliphatic heterocycles. The Bertz CT molecular complexity index is 398. The zero-order chi connectivity index (χ0) is 9.10. The Kier molecular flexibility index (Phi) is 1.87. The van der Waals surface area contributed by atoms with Gasteiger partial charge >= 0.3 is 0 Å². The van der Waals surface area contributed by atoms with Crippen LogP contribution in [0.3, 0.4) is 0 Å². The lowest BCUT2D eigenvalue weighted by atomic mass is 10.4. The van der Waals surface area contributed by atoms with Gasteiger partial charge in [-0.15, -0.1) is 9.89 Å². The van der Waals surface area contributed by atoms with E-state index < -0.39 is 0 Å². The second kappa shape index (κ2) is 3.18. The van der Waals surface area contributed by atoms with Gasteiger partial charge in [-0.25, -0.2) is 4.98 Å². The SMILES string of the molecule is Cn1cc(/C=N/n2cncn2)cn1. The van der Waals surface area contributed by atoms with Gasteiger partial charge in [-0.3, -0.25) is 4.68 Å². The topological polar surface area (TPSA) is 60.9 Å². The van der Waals surface area contributed by atoms with Crippen LogP contribution in [-0.2, 0) is 7.05 Å². The first-order valence-corrected chi connectivity index (χ1v) is 3.72. The fourth-order valence-corrected chi connectivity index (χ4v) is 0.894. The third-order valence-corrected chi connectivity index (χ3v) is 1.46. The second-order valence-electron chi connectivity index (χ2n) is 2.51. The van der Waals surface area contributed by atoms with E-state index >= 15 is 0 Å². The first-order valence-electron chi connectivity index (χ1n) is 3.72. The smallest absolute Gasteiger partial charge is 0.139 e. The van der Waals surface area contributed by atoms with E-state index in [1.54, 1.807) is 17.1 Å². The fraction of sp³-hybridized carbons (Fsp3) is 0.143. The molecule has 6 nitrogen and oxygen atoms in total. The standard InChI is InChI=1S/C7H8N6/c1-12-4-7(2-9-12)3-10-13-6-8-5-11-13/h2-6H,1H3/b10-3+. The van der Waals surface area contributed by atoms with Crippen LogP contribution in [0.25, 0.3) is 0 Å². The van der Waals surface area contributed by atoms with Crippen molar-refractivity contribution in [3.8, 4) is 0 Å². The highest BCUT2D eigenvalue weighted by Gasteiger charge is 1.90. The van der Waals surface area contributed by atoms with E-state index in [-0.39, 0.29) is 0 Å². The van der Waals surface area contributed by atoms with E-state index in [0.717, 1.165) is 5.56 Å². The maximum Gasteiger partial charge on any atom is 0.139 e. The van der Waals surface area contributed by atoms with E-state index in [1.807, 2.05) is 13.2 Å². The Labute approximate surface area is 74.5 Å². The van der Waals surface area contributed by atoms with Gasteiger partial charge in [-0.2, -0.15) is 10.2 Å². The van der Waals surface area contributed by atoms with E-state index in [4.69, 9.17) is 0 Å². The lowest BCUT2D eigenvalue weighted by molar-refractivity contribution is 0.743. The van der Waals surface area contributed by atoms with Gasteiger partial charge in [0.2, 0.25) is 0 Å². The largest absolute Gasteiger partial charge is 0.275 e. The average Bonchev–Trinajstić information content (AvgIpc) is 2.71. The number of nitrogens with zero attached hydrogens (tertiary/aromatic N) is 6. The molecular weight excluding hydrogens is 168 g/mol. The quantitative estimate of drug-likeness (QED) is 0.600. The number of aryl methyl sites for hydroxylation is 1. The van der Waals surface area contributed by atoms with Gasteiger partial charge in [0.25, 0.3) is 0 Å². The molecule has 2 rings (SSSR count). The molecule has 0 aliphatic rings. The van der Waals surface area contributed by atoms with Crippen molar-refractivity contribution in [3.05, 3.63) is 30.6 Å². The lowest BCUT2D eigenvalue weighted by Gasteiger charge is -1.85. The van der Waals surface area contributed by atoms with Crippen molar-refractivity contribution in [2.75, 3.05) is 0 Å². The third-order valence-electron chi connectivity index (χ3n) is 1.46. The highest BCUT2D eigenvalue weighted by atomic mass is 15.5. The van der Waals surface area contributed by atoms with Crippen molar-refractivity contribution in [2.45, 2.75) is 0 Å². The van der Waals surface area contributed by atoms with Crippen LogP contribution in [0.4, 0.5) is 0 Å². The van der Waals surface area contributed by atoms with Crippen molar-refractivity contribution in [3.63, 3.8) is 0 Å². The predicted molar refractivity (Wildman–Crippen MR) is 46.2 cm³/mol. The highest BCUT2D eigenvalue weighted by Crippen LogP contribution is 1.91. The minimum Gasteiger partial charge on any atom is -0.275 e. The van der Waals surface area contributed by atoms with E-state index in [1.165, 1.54) is 17.4 Å². The molecule has 0 amide bonds. The molecule has 0 aliphatic carbocycles. The molecule has 0 fully saturated rings. The number of aromatic nitrogens is 5. The molecular formula is C7H8N6. The maximum atomic E-state index is 4.01.